The Morgan fingerprint density at radius 1 is 1.35 bits per heavy atom. The zero-order chi connectivity index (χ0) is 14.5. The number of nitro groups is 1. The van der Waals surface area contributed by atoms with E-state index in [9.17, 15) is 10.1 Å². The van der Waals surface area contributed by atoms with E-state index < -0.39 is 4.92 Å². The van der Waals surface area contributed by atoms with Gasteiger partial charge < -0.3 is 4.84 Å². The molecule has 0 amide bonds. The molecule has 0 aliphatic rings. The van der Waals surface area contributed by atoms with E-state index in [1.165, 1.54) is 29.7 Å². The van der Waals surface area contributed by atoms with Crippen LogP contribution in [0.5, 0.6) is 0 Å². The van der Waals surface area contributed by atoms with Gasteiger partial charge in [-0.05, 0) is 23.8 Å². The van der Waals surface area contributed by atoms with Gasteiger partial charge in [-0.2, -0.15) is 0 Å². The number of oxime groups is 1. The van der Waals surface area contributed by atoms with Gasteiger partial charge in [0, 0.05) is 17.7 Å². The Hall–Kier alpha value is -1.63. The molecule has 0 fully saturated rings. The van der Waals surface area contributed by atoms with Crippen LogP contribution in [0.1, 0.15) is 11.1 Å². The molecule has 2 rings (SSSR count). The Morgan fingerprint density at radius 3 is 2.60 bits per heavy atom. The zero-order valence-electron chi connectivity index (χ0n) is 9.95. The van der Waals surface area contributed by atoms with Crippen molar-refractivity contribution in [1.82, 2.24) is 0 Å². The molecule has 0 saturated heterocycles. The number of halogens is 2. The first-order chi connectivity index (χ1) is 9.56. The molecular weight excluding hydrogens is 323 g/mol. The Balaban J connectivity index is 1.90. The largest absolute Gasteiger partial charge is 0.391 e. The van der Waals surface area contributed by atoms with Crippen molar-refractivity contribution >= 4 is 46.4 Å². The lowest BCUT2D eigenvalue weighted by molar-refractivity contribution is -0.384. The lowest BCUT2D eigenvalue weighted by Crippen LogP contribution is -1.89. The van der Waals surface area contributed by atoms with Crippen LogP contribution in [-0.4, -0.2) is 11.1 Å². The summed E-state index contributed by atoms with van der Waals surface area (Å²) in [5.41, 5.74) is 1.50. The van der Waals surface area contributed by atoms with E-state index in [0.29, 0.717) is 14.2 Å². The first-order valence-corrected chi connectivity index (χ1v) is 6.97. The van der Waals surface area contributed by atoms with Crippen molar-refractivity contribution < 1.29 is 9.76 Å². The highest BCUT2D eigenvalue weighted by Crippen LogP contribution is 2.31. The summed E-state index contributed by atoms with van der Waals surface area (Å²) in [5.74, 6) is 0. The van der Waals surface area contributed by atoms with Gasteiger partial charge in [-0.1, -0.05) is 28.4 Å². The maximum Gasteiger partial charge on any atom is 0.269 e. The number of nitrogens with zero attached hydrogens (tertiary/aromatic N) is 2. The second kappa shape index (κ2) is 6.69. The number of benzene rings is 1. The van der Waals surface area contributed by atoms with Gasteiger partial charge in [0.05, 0.1) is 15.5 Å². The van der Waals surface area contributed by atoms with E-state index >= 15 is 0 Å². The summed E-state index contributed by atoms with van der Waals surface area (Å²) in [5, 5.41) is 14.3. The Kier molecular flexibility index (Phi) is 4.94. The summed E-state index contributed by atoms with van der Waals surface area (Å²) in [6.45, 7) is 0.214. The number of non-ortho nitro benzene ring substituents is 1. The number of hydrogen-bond donors (Lipinski definition) is 0. The van der Waals surface area contributed by atoms with Crippen LogP contribution in [0.25, 0.3) is 0 Å². The Morgan fingerprint density at radius 2 is 2.05 bits per heavy atom. The molecular formula is C12H8Cl2N2O3S. The van der Waals surface area contributed by atoms with Crippen LogP contribution in [0, 0.1) is 10.1 Å². The molecule has 8 heteroatoms. The molecule has 0 aliphatic heterocycles. The molecule has 0 bridgehead atoms. The fraction of sp³-hybridized carbons (Fsp3) is 0.0833. The maximum atomic E-state index is 10.5. The molecule has 0 radical (unpaired) electrons. The van der Waals surface area contributed by atoms with Crippen LogP contribution in [0.4, 0.5) is 5.69 Å². The predicted octanol–water partition coefficient (Wildman–Crippen LogP) is 4.51. The molecule has 1 aromatic heterocycles. The van der Waals surface area contributed by atoms with Gasteiger partial charge in [-0.15, -0.1) is 11.3 Å². The third-order valence-electron chi connectivity index (χ3n) is 2.33. The average Bonchev–Trinajstić information content (AvgIpc) is 2.73. The minimum Gasteiger partial charge on any atom is -0.391 e. The molecule has 0 N–H and O–H groups in total. The zero-order valence-corrected chi connectivity index (χ0v) is 12.3. The first-order valence-electron chi connectivity index (χ1n) is 5.40. The van der Waals surface area contributed by atoms with Crippen molar-refractivity contribution in [1.29, 1.82) is 0 Å². The van der Waals surface area contributed by atoms with Crippen molar-refractivity contribution in [3.63, 3.8) is 0 Å². The van der Waals surface area contributed by atoms with Crippen LogP contribution in [0.3, 0.4) is 0 Å². The smallest absolute Gasteiger partial charge is 0.269 e. The molecule has 1 aromatic carbocycles. The normalized spacial score (nSPS) is 10.9. The maximum absolute atomic E-state index is 10.5. The quantitative estimate of drug-likeness (QED) is 0.460. The Bertz CT molecular complexity index is 641. The average molecular weight is 331 g/mol. The highest BCUT2D eigenvalue weighted by molar-refractivity contribution is 7.20. The summed E-state index contributed by atoms with van der Waals surface area (Å²) in [6.07, 6.45) is 1.46. The summed E-state index contributed by atoms with van der Waals surface area (Å²) in [7, 11) is 0. The van der Waals surface area contributed by atoms with Crippen molar-refractivity contribution in [2.24, 2.45) is 5.16 Å². The second-order valence-corrected chi connectivity index (χ2v) is 5.99. The van der Waals surface area contributed by atoms with Gasteiger partial charge in [-0.25, -0.2) is 0 Å². The van der Waals surface area contributed by atoms with Crippen LogP contribution in [-0.2, 0) is 11.4 Å². The molecule has 0 aliphatic carbocycles. The van der Waals surface area contributed by atoms with Gasteiger partial charge in [0.1, 0.15) is 10.9 Å². The third-order valence-corrected chi connectivity index (χ3v) is 3.90. The van der Waals surface area contributed by atoms with Gasteiger partial charge in [0.2, 0.25) is 0 Å². The third kappa shape index (κ3) is 3.93. The second-order valence-electron chi connectivity index (χ2n) is 3.71. The van der Waals surface area contributed by atoms with E-state index in [4.69, 9.17) is 28.0 Å². The highest BCUT2D eigenvalue weighted by atomic mass is 35.5. The van der Waals surface area contributed by atoms with Gasteiger partial charge >= 0.3 is 0 Å². The summed E-state index contributed by atoms with van der Waals surface area (Å²) in [4.78, 5) is 15.1. The van der Waals surface area contributed by atoms with E-state index in [1.54, 1.807) is 18.2 Å². The highest BCUT2D eigenvalue weighted by Gasteiger charge is 2.06. The summed E-state index contributed by atoms with van der Waals surface area (Å²) in [6, 6.07) is 7.68. The molecule has 2 aromatic rings. The van der Waals surface area contributed by atoms with E-state index in [-0.39, 0.29) is 12.3 Å². The van der Waals surface area contributed by atoms with Crippen molar-refractivity contribution in [2.45, 2.75) is 6.61 Å². The summed E-state index contributed by atoms with van der Waals surface area (Å²) >= 11 is 13.0. The van der Waals surface area contributed by atoms with Crippen molar-refractivity contribution in [3.05, 3.63) is 60.2 Å². The molecule has 0 unspecified atom stereocenters. The number of rotatable bonds is 5. The number of hydrogen-bond acceptors (Lipinski definition) is 5. The molecule has 0 atom stereocenters. The van der Waals surface area contributed by atoms with Crippen LogP contribution < -0.4 is 0 Å². The van der Waals surface area contributed by atoms with Crippen LogP contribution in [0.2, 0.25) is 8.67 Å². The molecule has 104 valence electrons. The van der Waals surface area contributed by atoms with Gasteiger partial charge in [-0.3, -0.25) is 10.1 Å². The van der Waals surface area contributed by atoms with Crippen molar-refractivity contribution in [3.8, 4) is 0 Å². The van der Waals surface area contributed by atoms with Gasteiger partial charge in [0.15, 0.2) is 0 Å². The van der Waals surface area contributed by atoms with E-state index in [1.807, 2.05) is 0 Å². The monoisotopic (exact) mass is 330 g/mol. The topological polar surface area (TPSA) is 64.7 Å². The SMILES string of the molecule is O=[N+]([O-])c1ccc(/C=N\OCc2cc(Cl)sc2Cl)cc1. The van der Waals surface area contributed by atoms with Crippen molar-refractivity contribution in [2.75, 3.05) is 0 Å². The van der Waals surface area contributed by atoms with E-state index in [0.717, 1.165) is 5.56 Å². The molecule has 0 spiro atoms. The first kappa shape index (κ1) is 14.8. The number of nitro benzene ring substituents is 1. The summed E-state index contributed by atoms with van der Waals surface area (Å²) < 4.78 is 1.16. The molecule has 1 heterocycles. The minimum atomic E-state index is -0.459. The molecule has 0 saturated carbocycles. The lowest BCUT2D eigenvalue weighted by Gasteiger charge is -1.97. The minimum absolute atomic E-state index is 0.0303. The standard InChI is InChI=1S/C12H8Cl2N2O3S/c13-11-5-9(12(14)20-11)7-19-15-6-8-1-3-10(4-2-8)16(17)18/h1-6H,7H2/b15-6-. The fourth-order valence-electron chi connectivity index (χ4n) is 1.36. The number of thiophene rings is 1. The lowest BCUT2D eigenvalue weighted by atomic mass is 10.2. The van der Waals surface area contributed by atoms with Crippen LogP contribution in [0.15, 0.2) is 35.5 Å². The molecule has 5 nitrogen and oxygen atoms in total. The van der Waals surface area contributed by atoms with Crippen LogP contribution >= 0.6 is 34.5 Å². The van der Waals surface area contributed by atoms with E-state index in [2.05, 4.69) is 5.16 Å². The molecule has 20 heavy (non-hydrogen) atoms. The van der Waals surface area contributed by atoms with Gasteiger partial charge in [0.25, 0.3) is 5.69 Å². The predicted molar refractivity (Wildman–Crippen MR) is 79.8 cm³/mol. The fourth-order valence-corrected chi connectivity index (χ4v) is 2.82. The Labute approximate surface area is 128 Å².